The van der Waals surface area contributed by atoms with Crippen LogP contribution in [0.3, 0.4) is 0 Å². The Labute approximate surface area is 126 Å². The van der Waals surface area contributed by atoms with Crippen LogP contribution in [-0.2, 0) is 9.53 Å². The third kappa shape index (κ3) is 5.38. The predicted octanol–water partition coefficient (Wildman–Crippen LogP) is 0.118. The van der Waals surface area contributed by atoms with Crippen molar-refractivity contribution in [2.75, 3.05) is 39.8 Å². The summed E-state index contributed by atoms with van der Waals surface area (Å²) in [6.45, 7) is 6.83. The number of morpholine rings is 1. The van der Waals surface area contributed by atoms with E-state index >= 15 is 0 Å². The van der Waals surface area contributed by atoms with Gasteiger partial charge < -0.3 is 20.3 Å². The van der Waals surface area contributed by atoms with E-state index in [9.17, 15) is 4.79 Å². The lowest BCUT2D eigenvalue weighted by molar-refractivity contribution is -0.128. The van der Waals surface area contributed by atoms with Crippen LogP contribution in [-0.4, -0.2) is 67.6 Å². The van der Waals surface area contributed by atoms with E-state index < -0.39 is 0 Å². The van der Waals surface area contributed by atoms with Crippen LogP contribution in [0, 0.1) is 0 Å². The maximum atomic E-state index is 11.5. The highest BCUT2D eigenvalue weighted by Crippen LogP contribution is 2.03. The largest absolute Gasteiger partial charge is 0.375 e. The molecule has 0 aromatic heterocycles. The molecule has 0 aromatic carbocycles. The molecule has 1 aliphatic rings. The number of aliphatic imine (C=N–C) groups is 1. The molecule has 7 heteroatoms. The van der Waals surface area contributed by atoms with Gasteiger partial charge in [0, 0.05) is 26.7 Å². The fourth-order valence-electron chi connectivity index (χ4n) is 1.57. The third-order valence-electron chi connectivity index (χ3n) is 2.84. The lowest BCUT2D eigenvalue weighted by atomic mass is 10.3. The van der Waals surface area contributed by atoms with Gasteiger partial charge in [-0.1, -0.05) is 0 Å². The molecule has 1 heterocycles. The lowest BCUT2D eigenvalue weighted by Crippen LogP contribution is -2.48. The number of amides is 1. The van der Waals surface area contributed by atoms with Crippen molar-refractivity contribution in [3.05, 3.63) is 0 Å². The smallest absolute Gasteiger partial charge is 0.244 e. The standard InChI is InChI=1S/C11H22N4O2.HI/c1-4-14(3)10(16)7-13-11(12)15-5-6-17-9(2)8-15;/h9H,4-8H2,1-3H3,(H2,12,13);1H. The van der Waals surface area contributed by atoms with Crippen molar-refractivity contribution >= 4 is 35.8 Å². The quantitative estimate of drug-likeness (QED) is 0.435. The molecule has 0 bridgehead atoms. The molecule has 1 saturated heterocycles. The fourth-order valence-corrected chi connectivity index (χ4v) is 1.57. The Kier molecular flexibility index (Phi) is 8.25. The first-order valence-electron chi connectivity index (χ1n) is 5.95. The Balaban J connectivity index is 0.00000289. The second kappa shape index (κ2) is 8.52. The molecule has 18 heavy (non-hydrogen) atoms. The van der Waals surface area contributed by atoms with Crippen molar-refractivity contribution in [2.45, 2.75) is 20.0 Å². The first-order chi connectivity index (χ1) is 8.04. The van der Waals surface area contributed by atoms with E-state index in [1.165, 1.54) is 0 Å². The minimum absolute atomic E-state index is 0. The van der Waals surface area contributed by atoms with Gasteiger partial charge in [0.25, 0.3) is 0 Å². The van der Waals surface area contributed by atoms with Crippen molar-refractivity contribution in [3.63, 3.8) is 0 Å². The first-order valence-corrected chi connectivity index (χ1v) is 5.95. The van der Waals surface area contributed by atoms with Gasteiger partial charge in [-0.15, -0.1) is 24.0 Å². The number of carbonyl (C=O) groups is 1. The van der Waals surface area contributed by atoms with E-state index in [1.807, 2.05) is 18.7 Å². The Morgan fingerprint density at radius 3 is 2.83 bits per heavy atom. The molecule has 1 atom stereocenters. The maximum absolute atomic E-state index is 11.5. The monoisotopic (exact) mass is 370 g/mol. The SMILES string of the molecule is CCN(C)C(=O)CN=C(N)N1CCOC(C)C1.I. The molecule has 1 amide bonds. The number of nitrogens with zero attached hydrogens (tertiary/aromatic N) is 3. The number of guanidine groups is 1. The zero-order valence-corrected chi connectivity index (χ0v) is 13.6. The summed E-state index contributed by atoms with van der Waals surface area (Å²) in [6, 6.07) is 0. The summed E-state index contributed by atoms with van der Waals surface area (Å²) in [6.07, 6.45) is 0.159. The lowest BCUT2D eigenvalue weighted by Gasteiger charge is -2.31. The van der Waals surface area contributed by atoms with Gasteiger partial charge >= 0.3 is 0 Å². The number of likely N-dealkylation sites (N-methyl/N-ethyl adjacent to an activating group) is 1. The van der Waals surface area contributed by atoms with Crippen LogP contribution in [0.4, 0.5) is 0 Å². The van der Waals surface area contributed by atoms with Gasteiger partial charge in [0.15, 0.2) is 5.96 Å². The van der Waals surface area contributed by atoms with Crippen LogP contribution in [0.25, 0.3) is 0 Å². The second-order valence-corrected chi connectivity index (χ2v) is 4.21. The van der Waals surface area contributed by atoms with Crippen molar-refractivity contribution in [2.24, 2.45) is 10.7 Å². The van der Waals surface area contributed by atoms with Crippen LogP contribution in [0.15, 0.2) is 4.99 Å². The van der Waals surface area contributed by atoms with Crippen molar-refractivity contribution < 1.29 is 9.53 Å². The molecule has 1 unspecified atom stereocenters. The summed E-state index contributed by atoms with van der Waals surface area (Å²) < 4.78 is 5.41. The van der Waals surface area contributed by atoms with E-state index in [0.29, 0.717) is 19.1 Å². The molecule has 106 valence electrons. The molecule has 0 radical (unpaired) electrons. The molecule has 2 N–H and O–H groups in total. The molecule has 1 rings (SSSR count). The van der Waals surface area contributed by atoms with Gasteiger partial charge in [-0.05, 0) is 13.8 Å². The number of ether oxygens (including phenoxy) is 1. The first kappa shape index (κ1) is 17.4. The number of halogens is 1. The molecule has 0 spiro atoms. The molecule has 1 aliphatic heterocycles. The Bertz CT molecular complexity index is 299. The fraction of sp³-hybridized carbons (Fsp3) is 0.818. The minimum Gasteiger partial charge on any atom is -0.375 e. The zero-order valence-electron chi connectivity index (χ0n) is 11.3. The molecule has 0 saturated carbocycles. The van der Waals surface area contributed by atoms with Gasteiger partial charge in [0.2, 0.25) is 5.91 Å². The third-order valence-corrected chi connectivity index (χ3v) is 2.84. The highest BCUT2D eigenvalue weighted by atomic mass is 127. The van der Waals surface area contributed by atoms with Crippen LogP contribution in [0.1, 0.15) is 13.8 Å². The van der Waals surface area contributed by atoms with Gasteiger partial charge in [0.05, 0.1) is 12.7 Å². The number of hydrogen-bond acceptors (Lipinski definition) is 3. The van der Waals surface area contributed by atoms with E-state index in [1.54, 1.807) is 11.9 Å². The Hall–Kier alpha value is -0.570. The molecule has 0 aromatic rings. The summed E-state index contributed by atoms with van der Waals surface area (Å²) in [5.74, 6) is 0.412. The summed E-state index contributed by atoms with van der Waals surface area (Å²) in [4.78, 5) is 19.2. The van der Waals surface area contributed by atoms with E-state index in [-0.39, 0.29) is 42.5 Å². The van der Waals surface area contributed by atoms with Gasteiger partial charge in [0.1, 0.15) is 6.54 Å². The predicted molar refractivity (Wildman–Crippen MR) is 82.2 cm³/mol. The normalized spacial score (nSPS) is 20.3. The summed E-state index contributed by atoms with van der Waals surface area (Å²) >= 11 is 0. The molecular formula is C11H23IN4O2. The van der Waals surface area contributed by atoms with Crippen LogP contribution >= 0.6 is 24.0 Å². The number of rotatable bonds is 3. The van der Waals surface area contributed by atoms with Crippen molar-refractivity contribution in [1.29, 1.82) is 0 Å². The van der Waals surface area contributed by atoms with Gasteiger partial charge in [-0.25, -0.2) is 4.99 Å². The van der Waals surface area contributed by atoms with Crippen LogP contribution < -0.4 is 5.73 Å². The Morgan fingerprint density at radius 1 is 1.61 bits per heavy atom. The second-order valence-electron chi connectivity index (χ2n) is 4.21. The number of hydrogen-bond donors (Lipinski definition) is 1. The molecular weight excluding hydrogens is 347 g/mol. The average Bonchev–Trinajstić information content (AvgIpc) is 2.34. The minimum atomic E-state index is -0.0169. The van der Waals surface area contributed by atoms with Gasteiger partial charge in [-0.2, -0.15) is 0 Å². The van der Waals surface area contributed by atoms with Gasteiger partial charge in [-0.3, -0.25) is 4.79 Å². The van der Waals surface area contributed by atoms with E-state index in [0.717, 1.165) is 13.1 Å². The van der Waals surface area contributed by atoms with Crippen molar-refractivity contribution in [1.82, 2.24) is 9.80 Å². The molecule has 6 nitrogen and oxygen atoms in total. The summed E-state index contributed by atoms with van der Waals surface area (Å²) in [5.41, 5.74) is 5.85. The Morgan fingerprint density at radius 2 is 2.28 bits per heavy atom. The highest BCUT2D eigenvalue weighted by molar-refractivity contribution is 14.0. The molecule has 0 aliphatic carbocycles. The van der Waals surface area contributed by atoms with E-state index in [2.05, 4.69) is 4.99 Å². The topological polar surface area (TPSA) is 71.2 Å². The number of nitrogens with two attached hydrogens (primary N) is 1. The van der Waals surface area contributed by atoms with Crippen molar-refractivity contribution in [3.8, 4) is 0 Å². The van der Waals surface area contributed by atoms with E-state index in [4.69, 9.17) is 10.5 Å². The zero-order chi connectivity index (χ0) is 12.8. The maximum Gasteiger partial charge on any atom is 0.244 e. The summed E-state index contributed by atoms with van der Waals surface area (Å²) in [5, 5.41) is 0. The molecule has 1 fully saturated rings. The average molecular weight is 370 g/mol. The summed E-state index contributed by atoms with van der Waals surface area (Å²) in [7, 11) is 1.75. The highest BCUT2D eigenvalue weighted by Gasteiger charge is 2.18. The number of carbonyl (C=O) groups excluding carboxylic acids is 1. The van der Waals surface area contributed by atoms with Crippen LogP contribution in [0.2, 0.25) is 0 Å². The van der Waals surface area contributed by atoms with Crippen LogP contribution in [0.5, 0.6) is 0 Å².